The maximum absolute atomic E-state index is 12.4. The molecule has 0 radical (unpaired) electrons. The van der Waals surface area contributed by atoms with E-state index >= 15 is 0 Å². The van der Waals surface area contributed by atoms with Crippen LogP contribution in [0, 0.1) is 0 Å². The molecule has 0 amide bonds. The smallest absolute Gasteiger partial charge is 0.218 e. The standard InChI is InChI=1S/C15H21NO4S/c1-13(17)11-20-15-7-9-16(10-8-15)21(18,19)12-14-5-3-2-4-6-14/h2-6,15H,7-12H2,1H3. The van der Waals surface area contributed by atoms with E-state index in [2.05, 4.69) is 0 Å². The summed E-state index contributed by atoms with van der Waals surface area (Å²) in [6.45, 7) is 2.51. The van der Waals surface area contributed by atoms with Gasteiger partial charge in [-0.05, 0) is 25.3 Å². The van der Waals surface area contributed by atoms with Gasteiger partial charge < -0.3 is 4.74 Å². The molecule has 1 aromatic rings. The Balaban J connectivity index is 1.87. The van der Waals surface area contributed by atoms with Crippen LogP contribution in [0.2, 0.25) is 0 Å². The molecule has 21 heavy (non-hydrogen) atoms. The minimum atomic E-state index is -3.28. The third-order valence-electron chi connectivity index (χ3n) is 3.51. The van der Waals surface area contributed by atoms with E-state index in [1.54, 1.807) is 0 Å². The van der Waals surface area contributed by atoms with Crippen molar-refractivity contribution in [2.24, 2.45) is 0 Å². The predicted octanol–water partition coefficient (Wildman–Crippen LogP) is 1.59. The first kappa shape index (κ1) is 16.1. The zero-order valence-electron chi connectivity index (χ0n) is 12.2. The lowest BCUT2D eigenvalue weighted by atomic mass is 10.1. The van der Waals surface area contributed by atoms with Gasteiger partial charge in [-0.1, -0.05) is 30.3 Å². The van der Waals surface area contributed by atoms with Crippen LogP contribution in [0.1, 0.15) is 25.3 Å². The van der Waals surface area contributed by atoms with Crippen molar-refractivity contribution in [2.75, 3.05) is 19.7 Å². The van der Waals surface area contributed by atoms with Crippen LogP contribution < -0.4 is 0 Å². The van der Waals surface area contributed by atoms with Gasteiger partial charge in [-0.15, -0.1) is 0 Å². The van der Waals surface area contributed by atoms with Crippen molar-refractivity contribution < 1.29 is 17.9 Å². The van der Waals surface area contributed by atoms with Crippen LogP contribution in [-0.2, 0) is 25.3 Å². The average Bonchev–Trinajstić information content (AvgIpc) is 2.46. The molecule has 0 unspecified atom stereocenters. The summed E-state index contributed by atoms with van der Waals surface area (Å²) in [7, 11) is -3.28. The van der Waals surface area contributed by atoms with Crippen molar-refractivity contribution in [3.05, 3.63) is 35.9 Å². The fraction of sp³-hybridized carbons (Fsp3) is 0.533. The fourth-order valence-electron chi connectivity index (χ4n) is 2.39. The highest BCUT2D eigenvalue weighted by Crippen LogP contribution is 2.19. The lowest BCUT2D eigenvalue weighted by Gasteiger charge is -2.31. The van der Waals surface area contributed by atoms with Crippen LogP contribution in [-0.4, -0.2) is 44.3 Å². The second-order valence-electron chi connectivity index (χ2n) is 5.35. The maximum Gasteiger partial charge on any atom is 0.218 e. The Kier molecular flexibility index (Phi) is 5.50. The van der Waals surface area contributed by atoms with E-state index in [0.717, 1.165) is 5.56 Å². The van der Waals surface area contributed by atoms with Gasteiger partial charge in [0.25, 0.3) is 0 Å². The SMILES string of the molecule is CC(=O)COC1CCN(S(=O)(=O)Cc2ccccc2)CC1. The normalized spacial score (nSPS) is 17.8. The first-order chi connectivity index (χ1) is 9.97. The molecule has 6 heteroatoms. The Morgan fingerprint density at radius 3 is 2.43 bits per heavy atom. The highest BCUT2D eigenvalue weighted by molar-refractivity contribution is 7.88. The third kappa shape index (κ3) is 4.91. The Hall–Kier alpha value is -1.24. The van der Waals surface area contributed by atoms with E-state index in [1.165, 1.54) is 11.2 Å². The van der Waals surface area contributed by atoms with Crippen molar-refractivity contribution in [1.29, 1.82) is 0 Å². The molecule has 1 heterocycles. The highest BCUT2D eigenvalue weighted by Gasteiger charge is 2.28. The third-order valence-corrected chi connectivity index (χ3v) is 5.36. The number of benzene rings is 1. The van der Waals surface area contributed by atoms with Crippen molar-refractivity contribution in [2.45, 2.75) is 31.6 Å². The molecule has 0 saturated carbocycles. The Morgan fingerprint density at radius 2 is 1.86 bits per heavy atom. The van der Waals surface area contributed by atoms with Crippen LogP contribution >= 0.6 is 0 Å². The lowest BCUT2D eigenvalue weighted by molar-refractivity contribution is -0.124. The van der Waals surface area contributed by atoms with Gasteiger partial charge in [-0.2, -0.15) is 0 Å². The molecule has 0 bridgehead atoms. The number of rotatable bonds is 6. The lowest BCUT2D eigenvalue weighted by Crippen LogP contribution is -2.41. The molecular weight excluding hydrogens is 290 g/mol. The van der Waals surface area contributed by atoms with E-state index in [9.17, 15) is 13.2 Å². The summed E-state index contributed by atoms with van der Waals surface area (Å²) in [6.07, 6.45) is 1.26. The average molecular weight is 311 g/mol. The number of ketones is 1. The van der Waals surface area contributed by atoms with Crippen molar-refractivity contribution >= 4 is 15.8 Å². The summed E-state index contributed by atoms with van der Waals surface area (Å²) < 4.78 is 31.7. The Morgan fingerprint density at radius 1 is 1.24 bits per heavy atom. The molecule has 1 aromatic carbocycles. The van der Waals surface area contributed by atoms with E-state index in [1.807, 2.05) is 30.3 Å². The van der Waals surface area contributed by atoms with Crippen molar-refractivity contribution in [3.63, 3.8) is 0 Å². The molecule has 2 rings (SSSR count). The van der Waals surface area contributed by atoms with Gasteiger partial charge >= 0.3 is 0 Å². The monoisotopic (exact) mass is 311 g/mol. The molecular formula is C15H21NO4S. The fourth-order valence-corrected chi connectivity index (χ4v) is 3.95. The first-order valence-corrected chi connectivity index (χ1v) is 8.71. The molecule has 1 aliphatic rings. The van der Waals surface area contributed by atoms with Crippen LogP contribution in [0.5, 0.6) is 0 Å². The van der Waals surface area contributed by atoms with Gasteiger partial charge in [0.2, 0.25) is 10.0 Å². The summed E-state index contributed by atoms with van der Waals surface area (Å²) in [5, 5.41) is 0. The Bertz CT molecular complexity index is 563. The topological polar surface area (TPSA) is 63.7 Å². The summed E-state index contributed by atoms with van der Waals surface area (Å²) in [5.41, 5.74) is 0.799. The van der Waals surface area contributed by atoms with Gasteiger partial charge in [-0.25, -0.2) is 12.7 Å². The van der Waals surface area contributed by atoms with E-state index < -0.39 is 10.0 Å². The molecule has 1 fully saturated rings. The van der Waals surface area contributed by atoms with Crippen molar-refractivity contribution in [3.8, 4) is 0 Å². The van der Waals surface area contributed by atoms with Crippen LogP contribution in [0.4, 0.5) is 0 Å². The molecule has 116 valence electrons. The second kappa shape index (κ2) is 7.15. The zero-order valence-corrected chi connectivity index (χ0v) is 13.0. The first-order valence-electron chi connectivity index (χ1n) is 7.10. The number of hydrogen-bond acceptors (Lipinski definition) is 4. The summed E-state index contributed by atoms with van der Waals surface area (Å²) >= 11 is 0. The number of hydrogen-bond donors (Lipinski definition) is 0. The molecule has 0 N–H and O–H groups in total. The number of sulfonamides is 1. The molecule has 1 saturated heterocycles. The molecule has 0 spiro atoms. The van der Waals surface area contributed by atoms with Crippen molar-refractivity contribution in [1.82, 2.24) is 4.31 Å². The van der Waals surface area contributed by atoms with Gasteiger partial charge in [0.15, 0.2) is 5.78 Å². The number of ether oxygens (including phenoxy) is 1. The number of Topliss-reactive ketones (excluding diaryl/α,β-unsaturated/α-hetero) is 1. The Labute approximate surface area is 126 Å². The number of piperidine rings is 1. The summed E-state index contributed by atoms with van der Waals surface area (Å²) in [6, 6.07) is 9.19. The van der Waals surface area contributed by atoms with E-state index in [4.69, 9.17) is 4.74 Å². The van der Waals surface area contributed by atoms with Gasteiger partial charge in [0.1, 0.15) is 6.61 Å². The van der Waals surface area contributed by atoms with Crippen LogP contribution in [0.25, 0.3) is 0 Å². The largest absolute Gasteiger partial charge is 0.370 e. The molecule has 0 aromatic heterocycles. The van der Waals surface area contributed by atoms with Crippen LogP contribution in [0.15, 0.2) is 30.3 Å². The summed E-state index contributed by atoms with van der Waals surface area (Å²) in [4.78, 5) is 10.9. The number of carbonyl (C=O) groups excluding carboxylic acids is 1. The van der Waals surface area contributed by atoms with Crippen LogP contribution in [0.3, 0.4) is 0 Å². The number of carbonyl (C=O) groups is 1. The zero-order chi connectivity index (χ0) is 15.3. The minimum absolute atomic E-state index is 0.00544. The molecule has 1 aliphatic heterocycles. The minimum Gasteiger partial charge on any atom is -0.370 e. The highest BCUT2D eigenvalue weighted by atomic mass is 32.2. The van der Waals surface area contributed by atoms with Gasteiger partial charge in [-0.3, -0.25) is 4.79 Å². The second-order valence-corrected chi connectivity index (χ2v) is 7.32. The molecule has 0 atom stereocenters. The number of nitrogens with zero attached hydrogens (tertiary/aromatic N) is 1. The molecule has 0 aliphatic carbocycles. The summed E-state index contributed by atoms with van der Waals surface area (Å²) in [5.74, 6) is 0.0291. The van der Waals surface area contributed by atoms with Gasteiger partial charge in [0.05, 0.1) is 11.9 Å². The maximum atomic E-state index is 12.4. The predicted molar refractivity (Wildman–Crippen MR) is 80.3 cm³/mol. The van der Waals surface area contributed by atoms with E-state index in [-0.39, 0.29) is 24.2 Å². The molecule has 5 nitrogen and oxygen atoms in total. The quantitative estimate of drug-likeness (QED) is 0.800. The van der Waals surface area contributed by atoms with E-state index in [0.29, 0.717) is 25.9 Å². The van der Waals surface area contributed by atoms with Gasteiger partial charge in [0, 0.05) is 13.1 Å².